The van der Waals surface area contributed by atoms with Crippen molar-refractivity contribution in [1.29, 1.82) is 0 Å². The van der Waals surface area contributed by atoms with Crippen molar-refractivity contribution in [3.8, 4) is 0 Å². The molecule has 0 aromatic heterocycles. The summed E-state index contributed by atoms with van der Waals surface area (Å²) in [6.07, 6.45) is 2.04. The molecular formula is C17H23ClN2O3S2. The summed E-state index contributed by atoms with van der Waals surface area (Å²) in [5, 5.41) is 3.84. The van der Waals surface area contributed by atoms with Gasteiger partial charge in [-0.2, -0.15) is 0 Å². The standard InChI is InChI=1S/C17H23ClN2O3S2/c1-2-25(22,23)20-8-5-12(6-9-20)17(21)19-15-7-10-24-16-4-3-13(18)11-14(15)16/h3-4,11-12,15H,2,5-10H2,1H3,(H,19,21). The Kier molecular flexibility index (Phi) is 5.98. The fourth-order valence-corrected chi connectivity index (χ4v) is 5.80. The number of thioether (sulfide) groups is 1. The van der Waals surface area contributed by atoms with Crippen molar-refractivity contribution in [2.24, 2.45) is 5.92 Å². The van der Waals surface area contributed by atoms with Gasteiger partial charge in [0.1, 0.15) is 0 Å². The van der Waals surface area contributed by atoms with Crippen LogP contribution in [0.15, 0.2) is 23.1 Å². The summed E-state index contributed by atoms with van der Waals surface area (Å²) < 4.78 is 25.4. The van der Waals surface area contributed by atoms with Crippen LogP contribution >= 0.6 is 23.4 Å². The maximum atomic E-state index is 12.7. The Hall–Kier alpha value is -0.760. The molecular weight excluding hydrogens is 380 g/mol. The van der Waals surface area contributed by atoms with Crippen molar-refractivity contribution in [1.82, 2.24) is 9.62 Å². The lowest BCUT2D eigenvalue weighted by molar-refractivity contribution is -0.126. The van der Waals surface area contributed by atoms with Crippen molar-refractivity contribution in [2.45, 2.75) is 37.1 Å². The van der Waals surface area contributed by atoms with Crippen LogP contribution in [0.2, 0.25) is 5.02 Å². The first-order chi connectivity index (χ1) is 11.9. The second kappa shape index (κ2) is 7.86. The number of sulfonamides is 1. The number of hydrogen-bond acceptors (Lipinski definition) is 4. The highest BCUT2D eigenvalue weighted by Gasteiger charge is 2.32. The Morgan fingerprint density at radius 2 is 2.04 bits per heavy atom. The third-order valence-corrected chi connectivity index (χ3v) is 8.15. The van der Waals surface area contributed by atoms with E-state index >= 15 is 0 Å². The summed E-state index contributed by atoms with van der Waals surface area (Å²) >= 11 is 7.90. The zero-order chi connectivity index (χ0) is 18.0. The monoisotopic (exact) mass is 402 g/mol. The third kappa shape index (κ3) is 4.32. The van der Waals surface area contributed by atoms with Crippen molar-refractivity contribution >= 4 is 39.3 Å². The van der Waals surface area contributed by atoms with Crippen LogP contribution in [-0.4, -0.2) is 43.2 Å². The summed E-state index contributed by atoms with van der Waals surface area (Å²) in [7, 11) is -3.16. The second-order valence-corrected chi connectivity index (χ2v) is 10.3. The molecule has 5 nitrogen and oxygen atoms in total. The van der Waals surface area contributed by atoms with Gasteiger partial charge in [-0.15, -0.1) is 11.8 Å². The first-order valence-electron chi connectivity index (χ1n) is 8.61. The quantitative estimate of drug-likeness (QED) is 0.840. The van der Waals surface area contributed by atoms with E-state index in [4.69, 9.17) is 11.6 Å². The van der Waals surface area contributed by atoms with Gasteiger partial charge in [0, 0.05) is 34.7 Å². The molecule has 1 aromatic carbocycles. The predicted octanol–water partition coefficient (Wildman–Crippen LogP) is 3.05. The number of fused-ring (bicyclic) bond motifs is 1. The Bertz CT molecular complexity index is 746. The van der Waals surface area contributed by atoms with E-state index in [-0.39, 0.29) is 23.6 Å². The van der Waals surface area contributed by atoms with E-state index in [0.717, 1.165) is 17.7 Å². The summed E-state index contributed by atoms with van der Waals surface area (Å²) in [6, 6.07) is 5.81. The zero-order valence-corrected chi connectivity index (χ0v) is 16.6. The highest BCUT2D eigenvalue weighted by molar-refractivity contribution is 7.99. The lowest BCUT2D eigenvalue weighted by Crippen LogP contribution is -2.44. The van der Waals surface area contributed by atoms with Gasteiger partial charge in [0.2, 0.25) is 15.9 Å². The molecule has 1 N–H and O–H groups in total. The van der Waals surface area contributed by atoms with Crippen LogP contribution in [0.1, 0.15) is 37.8 Å². The number of halogens is 1. The second-order valence-electron chi connectivity index (χ2n) is 6.45. The topological polar surface area (TPSA) is 66.5 Å². The summed E-state index contributed by atoms with van der Waals surface area (Å²) in [4.78, 5) is 13.8. The number of nitrogens with one attached hydrogen (secondary N) is 1. The molecule has 0 radical (unpaired) electrons. The summed E-state index contributed by atoms with van der Waals surface area (Å²) in [5.74, 6) is 0.977. The van der Waals surface area contributed by atoms with Crippen LogP contribution in [0.5, 0.6) is 0 Å². The molecule has 2 aliphatic heterocycles. The number of carbonyl (C=O) groups is 1. The van der Waals surface area contributed by atoms with E-state index in [9.17, 15) is 13.2 Å². The first kappa shape index (κ1) is 19.0. The van der Waals surface area contributed by atoms with E-state index in [1.165, 1.54) is 9.20 Å². The van der Waals surface area contributed by atoms with Gasteiger partial charge in [-0.1, -0.05) is 11.6 Å². The average molecular weight is 403 g/mol. The Balaban J connectivity index is 1.62. The number of piperidine rings is 1. The highest BCUT2D eigenvalue weighted by atomic mass is 35.5. The normalized spacial score (nSPS) is 22.4. The van der Waals surface area contributed by atoms with E-state index in [2.05, 4.69) is 5.32 Å². The Morgan fingerprint density at radius 1 is 1.32 bits per heavy atom. The lowest BCUT2D eigenvalue weighted by atomic mass is 9.95. The number of rotatable bonds is 4. The largest absolute Gasteiger partial charge is 0.349 e. The van der Waals surface area contributed by atoms with Crippen LogP contribution in [-0.2, 0) is 14.8 Å². The number of nitrogens with zero attached hydrogens (tertiary/aromatic N) is 1. The van der Waals surface area contributed by atoms with Crippen LogP contribution in [0.4, 0.5) is 0 Å². The van der Waals surface area contributed by atoms with E-state index in [1.54, 1.807) is 18.7 Å². The van der Waals surface area contributed by atoms with Crippen molar-refractivity contribution in [2.75, 3.05) is 24.6 Å². The predicted molar refractivity (Wildman–Crippen MR) is 101 cm³/mol. The smallest absolute Gasteiger partial charge is 0.223 e. The van der Waals surface area contributed by atoms with E-state index in [0.29, 0.717) is 31.0 Å². The van der Waals surface area contributed by atoms with Gasteiger partial charge in [-0.25, -0.2) is 12.7 Å². The maximum absolute atomic E-state index is 12.7. The minimum atomic E-state index is -3.16. The van der Waals surface area contributed by atoms with Gasteiger partial charge in [-0.05, 0) is 49.9 Å². The molecule has 3 rings (SSSR count). The molecule has 0 saturated carbocycles. The minimum Gasteiger partial charge on any atom is -0.349 e. The van der Waals surface area contributed by atoms with Gasteiger partial charge >= 0.3 is 0 Å². The van der Waals surface area contributed by atoms with Gasteiger partial charge in [0.25, 0.3) is 0 Å². The number of carbonyl (C=O) groups excluding carboxylic acids is 1. The molecule has 8 heteroatoms. The molecule has 0 spiro atoms. The van der Waals surface area contributed by atoms with Crippen LogP contribution in [0.3, 0.4) is 0 Å². The van der Waals surface area contributed by atoms with Gasteiger partial charge in [0.05, 0.1) is 11.8 Å². The molecule has 138 valence electrons. The fraction of sp³-hybridized carbons (Fsp3) is 0.588. The molecule has 0 aliphatic carbocycles. The van der Waals surface area contributed by atoms with Crippen LogP contribution in [0.25, 0.3) is 0 Å². The Morgan fingerprint density at radius 3 is 2.72 bits per heavy atom. The van der Waals surface area contributed by atoms with E-state index < -0.39 is 10.0 Å². The van der Waals surface area contributed by atoms with Gasteiger partial charge < -0.3 is 5.32 Å². The maximum Gasteiger partial charge on any atom is 0.223 e. The number of benzene rings is 1. The highest BCUT2D eigenvalue weighted by Crippen LogP contribution is 2.37. The molecule has 1 amide bonds. The lowest BCUT2D eigenvalue weighted by Gasteiger charge is -2.32. The zero-order valence-electron chi connectivity index (χ0n) is 14.2. The van der Waals surface area contributed by atoms with Crippen molar-refractivity contribution < 1.29 is 13.2 Å². The first-order valence-corrected chi connectivity index (χ1v) is 11.6. The third-order valence-electron chi connectivity index (χ3n) is 4.91. The minimum absolute atomic E-state index is 0.0140. The molecule has 2 heterocycles. The molecule has 2 aliphatic rings. The molecule has 0 bridgehead atoms. The average Bonchev–Trinajstić information content (AvgIpc) is 2.62. The Labute approximate surface area is 158 Å². The molecule has 1 saturated heterocycles. The van der Waals surface area contributed by atoms with Crippen LogP contribution in [0, 0.1) is 5.92 Å². The molecule has 1 unspecified atom stereocenters. The summed E-state index contributed by atoms with van der Waals surface area (Å²) in [6.45, 7) is 2.51. The van der Waals surface area contributed by atoms with Gasteiger partial charge in [0.15, 0.2) is 0 Å². The number of amides is 1. The SMILES string of the molecule is CCS(=O)(=O)N1CCC(C(=O)NC2CCSc3ccc(Cl)cc32)CC1. The molecule has 25 heavy (non-hydrogen) atoms. The number of hydrogen-bond donors (Lipinski definition) is 1. The molecule has 1 aromatic rings. The summed E-state index contributed by atoms with van der Waals surface area (Å²) in [5.41, 5.74) is 1.09. The van der Waals surface area contributed by atoms with Crippen molar-refractivity contribution in [3.63, 3.8) is 0 Å². The van der Waals surface area contributed by atoms with Gasteiger partial charge in [-0.3, -0.25) is 4.79 Å². The van der Waals surface area contributed by atoms with Crippen molar-refractivity contribution in [3.05, 3.63) is 28.8 Å². The van der Waals surface area contributed by atoms with E-state index in [1.807, 2.05) is 18.2 Å². The fourth-order valence-electron chi connectivity index (χ4n) is 3.38. The molecule has 1 atom stereocenters. The van der Waals surface area contributed by atoms with Crippen LogP contribution < -0.4 is 5.32 Å². The molecule has 1 fully saturated rings.